The van der Waals surface area contributed by atoms with Crippen LogP contribution in [0.15, 0.2) is 48.5 Å². The summed E-state index contributed by atoms with van der Waals surface area (Å²) in [6.07, 6.45) is 1.01. The predicted octanol–water partition coefficient (Wildman–Crippen LogP) is 3.02. The third kappa shape index (κ3) is 4.76. The van der Waals surface area contributed by atoms with E-state index in [9.17, 15) is 4.79 Å². The summed E-state index contributed by atoms with van der Waals surface area (Å²) in [7, 11) is 1.69. The summed E-state index contributed by atoms with van der Waals surface area (Å²) in [5, 5.41) is 2.99. The van der Waals surface area contributed by atoms with Crippen LogP contribution in [-0.4, -0.2) is 50.6 Å². The zero-order chi connectivity index (χ0) is 18.4. The molecule has 1 aliphatic rings. The van der Waals surface area contributed by atoms with E-state index in [4.69, 9.17) is 4.74 Å². The highest BCUT2D eigenvalue weighted by Gasteiger charge is 2.19. The molecule has 1 amide bonds. The van der Waals surface area contributed by atoms with Gasteiger partial charge < -0.3 is 15.0 Å². The standard InChI is InChI=1S/C21H27N3O2/c1-3-17-7-9-18(10-8-17)22-21(25)16-23-11-13-24(14-12-23)19-5-4-6-20(15-19)26-2/h4-10,15H,3,11-14,16H2,1-2H3,(H,22,25). The Morgan fingerprint density at radius 1 is 1.08 bits per heavy atom. The van der Waals surface area contributed by atoms with Crippen LogP contribution >= 0.6 is 0 Å². The number of methoxy groups -OCH3 is 1. The molecule has 1 saturated heterocycles. The number of anilines is 2. The van der Waals surface area contributed by atoms with Crippen LogP contribution in [0.4, 0.5) is 11.4 Å². The van der Waals surface area contributed by atoms with Gasteiger partial charge in [-0.1, -0.05) is 25.1 Å². The Labute approximate surface area is 155 Å². The van der Waals surface area contributed by atoms with E-state index in [-0.39, 0.29) is 5.91 Å². The van der Waals surface area contributed by atoms with Crippen molar-refractivity contribution in [2.45, 2.75) is 13.3 Å². The zero-order valence-corrected chi connectivity index (χ0v) is 15.6. The number of amides is 1. The molecule has 138 valence electrons. The SMILES string of the molecule is CCc1ccc(NC(=O)CN2CCN(c3cccc(OC)c3)CC2)cc1. The molecular weight excluding hydrogens is 326 g/mol. The van der Waals surface area contributed by atoms with Gasteiger partial charge >= 0.3 is 0 Å². The van der Waals surface area contributed by atoms with Gasteiger partial charge in [0.05, 0.1) is 13.7 Å². The molecule has 3 rings (SSSR count). The first-order chi connectivity index (χ1) is 12.7. The summed E-state index contributed by atoms with van der Waals surface area (Å²) in [6.45, 7) is 6.12. The van der Waals surface area contributed by atoms with E-state index in [1.165, 1.54) is 11.3 Å². The number of hydrogen-bond donors (Lipinski definition) is 1. The molecule has 0 spiro atoms. The average molecular weight is 353 g/mol. The molecule has 0 unspecified atom stereocenters. The van der Waals surface area contributed by atoms with Crippen LogP contribution in [0, 0.1) is 0 Å². The Balaban J connectivity index is 1.47. The molecule has 5 nitrogen and oxygen atoms in total. The van der Waals surface area contributed by atoms with Crippen molar-refractivity contribution in [1.82, 2.24) is 4.90 Å². The van der Waals surface area contributed by atoms with E-state index in [0.717, 1.165) is 44.0 Å². The maximum atomic E-state index is 12.3. The molecule has 1 fully saturated rings. The van der Waals surface area contributed by atoms with Gasteiger partial charge in [0.25, 0.3) is 0 Å². The third-order valence-corrected chi connectivity index (χ3v) is 4.80. The van der Waals surface area contributed by atoms with E-state index in [1.54, 1.807) is 7.11 Å². The van der Waals surface area contributed by atoms with Crippen molar-refractivity contribution in [1.29, 1.82) is 0 Å². The Hall–Kier alpha value is -2.53. The van der Waals surface area contributed by atoms with Crippen molar-refractivity contribution in [3.8, 4) is 5.75 Å². The highest BCUT2D eigenvalue weighted by molar-refractivity contribution is 5.92. The van der Waals surface area contributed by atoms with Gasteiger partial charge in [-0.05, 0) is 36.2 Å². The number of nitrogens with zero attached hydrogens (tertiary/aromatic N) is 2. The van der Waals surface area contributed by atoms with E-state index in [1.807, 2.05) is 24.3 Å². The van der Waals surface area contributed by atoms with Crippen molar-refractivity contribution >= 4 is 17.3 Å². The van der Waals surface area contributed by atoms with Crippen LogP contribution in [0.5, 0.6) is 5.75 Å². The molecule has 0 radical (unpaired) electrons. The zero-order valence-electron chi connectivity index (χ0n) is 15.6. The Kier molecular flexibility index (Phi) is 6.12. The molecule has 1 N–H and O–H groups in total. The largest absolute Gasteiger partial charge is 0.497 e. The van der Waals surface area contributed by atoms with Gasteiger partial charge in [0.15, 0.2) is 0 Å². The fourth-order valence-corrected chi connectivity index (χ4v) is 3.20. The maximum absolute atomic E-state index is 12.3. The summed E-state index contributed by atoms with van der Waals surface area (Å²) in [5.41, 5.74) is 3.31. The van der Waals surface area contributed by atoms with Crippen molar-refractivity contribution in [2.75, 3.05) is 50.1 Å². The molecule has 1 heterocycles. The minimum Gasteiger partial charge on any atom is -0.497 e. The lowest BCUT2D eigenvalue weighted by Crippen LogP contribution is -2.48. The number of carbonyl (C=O) groups is 1. The van der Waals surface area contributed by atoms with Gasteiger partial charge in [-0.15, -0.1) is 0 Å². The summed E-state index contributed by atoms with van der Waals surface area (Å²) >= 11 is 0. The number of aryl methyl sites for hydroxylation is 1. The van der Waals surface area contributed by atoms with Gasteiger partial charge in [0, 0.05) is 43.6 Å². The highest BCUT2D eigenvalue weighted by atomic mass is 16.5. The molecule has 26 heavy (non-hydrogen) atoms. The Morgan fingerprint density at radius 2 is 1.81 bits per heavy atom. The second-order valence-corrected chi connectivity index (χ2v) is 6.56. The molecular formula is C21H27N3O2. The molecule has 2 aromatic carbocycles. The van der Waals surface area contributed by atoms with Gasteiger partial charge in [-0.3, -0.25) is 9.69 Å². The quantitative estimate of drug-likeness (QED) is 0.867. The number of rotatable bonds is 6. The van der Waals surface area contributed by atoms with Crippen molar-refractivity contribution in [2.24, 2.45) is 0 Å². The topological polar surface area (TPSA) is 44.8 Å². The first-order valence-corrected chi connectivity index (χ1v) is 9.18. The Bertz CT molecular complexity index is 722. The van der Waals surface area contributed by atoms with Gasteiger partial charge in [0.1, 0.15) is 5.75 Å². The van der Waals surface area contributed by atoms with Crippen LogP contribution in [0.3, 0.4) is 0 Å². The predicted molar refractivity (Wildman–Crippen MR) is 106 cm³/mol. The van der Waals surface area contributed by atoms with Crippen molar-refractivity contribution < 1.29 is 9.53 Å². The lowest BCUT2D eigenvalue weighted by atomic mass is 10.1. The second kappa shape index (κ2) is 8.72. The number of ether oxygens (including phenoxy) is 1. The fourth-order valence-electron chi connectivity index (χ4n) is 3.20. The van der Waals surface area contributed by atoms with E-state index in [2.05, 4.69) is 46.3 Å². The molecule has 0 aliphatic carbocycles. The maximum Gasteiger partial charge on any atom is 0.238 e. The summed E-state index contributed by atoms with van der Waals surface area (Å²) in [5.74, 6) is 0.919. The number of piperazine rings is 1. The first kappa shape index (κ1) is 18.3. The second-order valence-electron chi connectivity index (χ2n) is 6.56. The lowest BCUT2D eigenvalue weighted by molar-refractivity contribution is -0.117. The third-order valence-electron chi connectivity index (χ3n) is 4.80. The van der Waals surface area contributed by atoms with Crippen molar-refractivity contribution in [3.05, 3.63) is 54.1 Å². The van der Waals surface area contributed by atoms with Crippen molar-refractivity contribution in [3.63, 3.8) is 0 Å². The van der Waals surface area contributed by atoms with Crippen LogP contribution in [0.1, 0.15) is 12.5 Å². The van der Waals surface area contributed by atoms with Gasteiger partial charge in [-0.2, -0.15) is 0 Å². The van der Waals surface area contributed by atoms with E-state index in [0.29, 0.717) is 6.54 Å². The normalized spacial score (nSPS) is 14.9. The highest BCUT2D eigenvalue weighted by Crippen LogP contribution is 2.22. The number of nitrogens with one attached hydrogen (secondary N) is 1. The number of carbonyl (C=O) groups excluding carboxylic acids is 1. The molecule has 2 aromatic rings. The van der Waals surface area contributed by atoms with Crippen LogP contribution in [0.2, 0.25) is 0 Å². The number of benzene rings is 2. The van der Waals surface area contributed by atoms with E-state index < -0.39 is 0 Å². The molecule has 0 atom stereocenters. The summed E-state index contributed by atoms with van der Waals surface area (Å²) in [6, 6.07) is 16.2. The molecule has 0 bridgehead atoms. The van der Waals surface area contributed by atoms with Crippen LogP contribution < -0.4 is 15.0 Å². The fraction of sp³-hybridized carbons (Fsp3) is 0.381. The molecule has 5 heteroatoms. The molecule has 0 saturated carbocycles. The first-order valence-electron chi connectivity index (χ1n) is 9.18. The van der Waals surface area contributed by atoms with E-state index >= 15 is 0 Å². The molecule has 1 aliphatic heterocycles. The van der Waals surface area contributed by atoms with Gasteiger partial charge in [-0.25, -0.2) is 0 Å². The summed E-state index contributed by atoms with van der Waals surface area (Å²) in [4.78, 5) is 16.8. The van der Waals surface area contributed by atoms with Crippen LogP contribution in [-0.2, 0) is 11.2 Å². The van der Waals surface area contributed by atoms with Crippen LogP contribution in [0.25, 0.3) is 0 Å². The smallest absolute Gasteiger partial charge is 0.238 e. The van der Waals surface area contributed by atoms with Gasteiger partial charge in [0.2, 0.25) is 5.91 Å². The summed E-state index contributed by atoms with van der Waals surface area (Å²) < 4.78 is 5.30. The number of hydrogen-bond acceptors (Lipinski definition) is 4. The minimum absolute atomic E-state index is 0.0454. The minimum atomic E-state index is 0.0454. The lowest BCUT2D eigenvalue weighted by Gasteiger charge is -2.35. The molecule has 0 aromatic heterocycles. The monoisotopic (exact) mass is 353 g/mol. The average Bonchev–Trinajstić information content (AvgIpc) is 2.69. The Morgan fingerprint density at radius 3 is 2.46 bits per heavy atom.